The number of hydrogen-bond acceptors (Lipinski definition) is 7. The van der Waals surface area contributed by atoms with Crippen LogP contribution in [0.1, 0.15) is 45.6 Å². The molecule has 0 aromatic carbocycles. The molecule has 11 nitrogen and oxygen atoms in total. The third-order valence-electron chi connectivity index (χ3n) is 6.35. The minimum Gasteiger partial charge on any atom is -0.453 e. The number of rotatable bonds is 8. The Labute approximate surface area is 217 Å². The van der Waals surface area contributed by atoms with Gasteiger partial charge in [0.25, 0.3) is 5.91 Å². The lowest BCUT2D eigenvalue weighted by atomic mass is 10.1. The van der Waals surface area contributed by atoms with E-state index in [2.05, 4.69) is 19.6 Å². The van der Waals surface area contributed by atoms with Gasteiger partial charge in [-0.3, -0.25) is 4.79 Å². The second-order valence-corrected chi connectivity index (χ2v) is 10.5. The first-order valence-corrected chi connectivity index (χ1v) is 12.8. The maximum atomic E-state index is 13.6. The molecule has 37 heavy (non-hydrogen) atoms. The number of carbonyl (C=O) groups is 3. The summed E-state index contributed by atoms with van der Waals surface area (Å²) in [5.74, 6) is -0.108. The van der Waals surface area contributed by atoms with Crippen molar-refractivity contribution in [3.05, 3.63) is 30.1 Å². The second kappa shape index (κ2) is 11.4. The van der Waals surface area contributed by atoms with Gasteiger partial charge in [-0.25, -0.2) is 14.6 Å². The normalized spacial score (nSPS) is 17.9. The van der Waals surface area contributed by atoms with Crippen molar-refractivity contribution in [2.24, 2.45) is 0 Å². The van der Waals surface area contributed by atoms with Gasteiger partial charge in [0.2, 0.25) is 0 Å². The maximum absolute atomic E-state index is 13.6. The number of methoxy groups -OCH3 is 1. The zero-order valence-electron chi connectivity index (χ0n) is 22.1. The molecule has 0 unspecified atom stereocenters. The van der Waals surface area contributed by atoms with Crippen LogP contribution in [0.15, 0.2) is 24.5 Å². The Kier molecular flexibility index (Phi) is 8.21. The van der Waals surface area contributed by atoms with Crippen molar-refractivity contribution in [3.63, 3.8) is 0 Å². The standard InChI is InChI=1S/C26H37N5O6/c1-26(2,3)37-25(34)30-13-14-36-21(17-30)23(32)31(19-8-9-19)16-18-15-29(12-6-11-28-24(33)35-4)22-20(18)7-5-10-27-22/h5,7,10,15,19,21H,6,8-9,11-14,16-17H2,1-4H3,(H,28,33)/t21-/m1/s1. The molecule has 2 fully saturated rings. The van der Waals surface area contributed by atoms with E-state index in [4.69, 9.17) is 9.47 Å². The second-order valence-electron chi connectivity index (χ2n) is 10.5. The van der Waals surface area contributed by atoms with Crippen molar-refractivity contribution >= 4 is 29.1 Å². The predicted molar refractivity (Wildman–Crippen MR) is 136 cm³/mol. The third kappa shape index (κ3) is 6.91. The summed E-state index contributed by atoms with van der Waals surface area (Å²) < 4.78 is 18.0. The topological polar surface area (TPSA) is 115 Å². The fourth-order valence-corrected chi connectivity index (χ4v) is 4.44. The van der Waals surface area contributed by atoms with Crippen LogP contribution in [-0.2, 0) is 32.1 Å². The lowest BCUT2D eigenvalue weighted by Crippen LogP contribution is -2.53. The van der Waals surface area contributed by atoms with Crippen LogP contribution in [0.2, 0.25) is 0 Å². The van der Waals surface area contributed by atoms with E-state index >= 15 is 0 Å². The highest BCUT2D eigenvalue weighted by Gasteiger charge is 2.39. The van der Waals surface area contributed by atoms with Gasteiger partial charge in [-0.1, -0.05) is 0 Å². The lowest BCUT2D eigenvalue weighted by Gasteiger charge is -2.35. The molecule has 3 amide bonds. The summed E-state index contributed by atoms with van der Waals surface area (Å²) >= 11 is 0. The number of amides is 3. The van der Waals surface area contributed by atoms with Gasteiger partial charge in [-0.2, -0.15) is 0 Å². The van der Waals surface area contributed by atoms with Gasteiger partial charge in [0, 0.05) is 50.0 Å². The monoisotopic (exact) mass is 515 g/mol. The SMILES string of the molecule is COC(=O)NCCCn1cc(CN(C(=O)[C@H]2CN(C(=O)OC(C)(C)C)CCO2)C2CC2)c2cccnc21. The Bertz CT molecular complexity index is 1120. The number of nitrogens with one attached hydrogen (secondary N) is 1. The Balaban J connectivity index is 1.46. The first-order valence-electron chi connectivity index (χ1n) is 12.8. The molecule has 1 aliphatic carbocycles. The molecule has 4 rings (SSSR count). The molecule has 2 aliphatic rings. The molecule has 1 atom stereocenters. The molecule has 202 valence electrons. The zero-order valence-corrected chi connectivity index (χ0v) is 22.1. The maximum Gasteiger partial charge on any atom is 0.410 e. The molecule has 1 saturated carbocycles. The highest BCUT2D eigenvalue weighted by molar-refractivity contribution is 5.85. The van der Waals surface area contributed by atoms with Crippen LogP contribution in [-0.4, -0.2) is 88.5 Å². The third-order valence-corrected chi connectivity index (χ3v) is 6.35. The lowest BCUT2D eigenvalue weighted by molar-refractivity contribution is -0.150. The highest BCUT2D eigenvalue weighted by Crippen LogP contribution is 2.32. The van der Waals surface area contributed by atoms with E-state index in [1.807, 2.05) is 44.0 Å². The van der Waals surface area contributed by atoms with Crippen LogP contribution in [0, 0.1) is 0 Å². The van der Waals surface area contributed by atoms with Crippen LogP contribution in [0.5, 0.6) is 0 Å². The fraction of sp³-hybridized carbons (Fsp3) is 0.615. The van der Waals surface area contributed by atoms with Crippen LogP contribution < -0.4 is 5.32 Å². The summed E-state index contributed by atoms with van der Waals surface area (Å²) in [5.41, 5.74) is 1.24. The predicted octanol–water partition coefficient (Wildman–Crippen LogP) is 2.91. The molecule has 0 spiro atoms. The number of ether oxygens (including phenoxy) is 3. The summed E-state index contributed by atoms with van der Waals surface area (Å²) in [7, 11) is 1.34. The van der Waals surface area contributed by atoms with Crippen LogP contribution in [0.4, 0.5) is 9.59 Å². The fourth-order valence-electron chi connectivity index (χ4n) is 4.44. The molecule has 1 aliphatic heterocycles. The average molecular weight is 516 g/mol. The zero-order chi connectivity index (χ0) is 26.6. The van der Waals surface area contributed by atoms with E-state index in [-0.39, 0.29) is 25.1 Å². The number of pyridine rings is 1. The van der Waals surface area contributed by atoms with Gasteiger partial charge < -0.3 is 33.9 Å². The number of alkyl carbamates (subject to hydrolysis) is 1. The smallest absolute Gasteiger partial charge is 0.410 e. The Hall–Kier alpha value is -3.34. The van der Waals surface area contributed by atoms with Crippen molar-refractivity contribution in [2.75, 3.05) is 33.4 Å². The molecular weight excluding hydrogens is 478 g/mol. The Morgan fingerprint density at radius 1 is 1.27 bits per heavy atom. The van der Waals surface area contributed by atoms with E-state index in [0.717, 1.165) is 29.4 Å². The summed E-state index contributed by atoms with van der Waals surface area (Å²) in [6.07, 6.45) is 4.78. The number of aryl methyl sites for hydroxylation is 1. The quantitative estimate of drug-likeness (QED) is 0.538. The van der Waals surface area contributed by atoms with E-state index in [1.165, 1.54) is 7.11 Å². The van der Waals surface area contributed by atoms with Crippen molar-refractivity contribution in [1.29, 1.82) is 0 Å². The van der Waals surface area contributed by atoms with Gasteiger partial charge in [0.15, 0.2) is 6.10 Å². The molecule has 1 N–H and O–H groups in total. The van der Waals surface area contributed by atoms with Gasteiger partial charge in [-0.15, -0.1) is 0 Å². The summed E-state index contributed by atoms with van der Waals surface area (Å²) in [5, 5.41) is 3.68. The molecule has 11 heteroatoms. The van der Waals surface area contributed by atoms with E-state index in [0.29, 0.717) is 32.6 Å². The number of fused-ring (bicyclic) bond motifs is 1. The molecule has 3 heterocycles. The van der Waals surface area contributed by atoms with Crippen molar-refractivity contribution < 1.29 is 28.6 Å². The van der Waals surface area contributed by atoms with Crippen molar-refractivity contribution in [3.8, 4) is 0 Å². The molecule has 1 saturated heterocycles. The minimum absolute atomic E-state index is 0.108. The van der Waals surface area contributed by atoms with Crippen LogP contribution >= 0.6 is 0 Å². The Morgan fingerprint density at radius 3 is 2.76 bits per heavy atom. The van der Waals surface area contributed by atoms with Gasteiger partial charge in [-0.05, 0) is 57.7 Å². The first-order chi connectivity index (χ1) is 17.7. The summed E-state index contributed by atoms with van der Waals surface area (Å²) in [4.78, 5) is 45.5. The average Bonchev–Trinajstić information content (AvgIpc) is 3.66. The Morgan fingerprint density at radius 2 is 2.05 bits per heavy atom. The molecule has 2 aromatic rings. The number of hydrogen-bond donors (Lipinski definition) is 1. The first kappa shape index (κ1) is 26.7. The molecular formula is C26H37N5O6. The van der Waals surface area contributed by atoms with E-state index in [9.17, 15) is 14.4 Å². The highest BCUT2D eigenvalue weighted by atomic mass is 16.6. The number of nitrogens with zero attached hydrogens (tertiary/aromatic N) is 4. The number of morpholine rings is 1. The summed E-state index contributed by atoms with van der Waals surface area (Å²) in [6, 6.07) is 4.06. The van der Waals surface area contributed by atoms with Crippen molar-refractivity contribution in [1.82, 2.24) is 24.7 Å². The van der Waals surface area contributed by atoms with Gasteiger partial charge in [0.1, 0.15) is 11.2 Å². The van der Waals surface area contributed by atoms with E-state index in [1.54, 1.807) is 11.1 Å². The van der Waals surface area contributed by atoms with E-state index < -0.39 is 23.9 Å². The van der Waals surface area contributed by atoms with Crippen LogP contribution in [0.25, 0.3) is 11.0 Å². The van der Waals surface area contributed by atoms with Gasteiger partial charge >= 0.3 is 12.2 Å². The van der Waals surface area contributed by atoms with Crippen LogP contribution in [0.3, 0.4) is 0 Å². The molecule has 0 radical (unpaired) electrons. The number of aromatic nitrogens is 2. The molecule has 0 bridgehead atoms. The van der Waals surface area contributed by atoms with Gasteiger partial charge in [0.05, 0.1) is 20.3 Å². The minimum atomic E-state index is -0.724. The largest absolute Gasteiger partial charge is 0.453 e. The van der Waals surface area contributed by atoms with Crippen molar-refractivity contribution in [2.45, 2.75) is 70.9 Å². The summed E-state index contributed by atoms with van der Waals surface area (Å²) in [6.45, 7) is 7.90. The number of carbonyl (C=O) groups excluding carboxylic acids is 3. The molecule has 2 aromatic heterocycles.